The summed E-state index contributed by atoms with van der Waals surface area (Å²) in [5.41, 5.74) is 0.573. The van der Waals surface area contributed by atoms with Gasteiger partial charge in [-0.1, -0.05) is 6.04 Å². The summed E-state index contributed by atoms with van der Waals surface area (Å²) >= 11 is 5.53. The molecule has 15 heavy (non-hydrogen) atoms. The van der Waals surface area contributed by atoms with Crippen LogP contribution in [0.5, 0.6) is 0 Å². The molecule has 0 aliphatic heterocycles. The summed E-state index contributed by atoms with van der Waals surface area (Å²) < 4.78 is 6.94. The van der Waals surface area contributed by atoms with Crippen molar-refractivity contribution in [2.75, 3.05) is 6.61 Å². The number of ether oxygens (including phenoxy) is 1. The molecule has 0 N–H and O–H groups in total. The van der Waals surface area contributed by atoms with Crippen molar-refractivity contribution >= 4 is 54.7 Å². The van der Waals surface area contributed by atoms with Gasteiger partial charge in [-0.05, 0) is 63.1 Å². The molecule has 0 aromatic heterocycles. The first-order chi connectivity index (χ1) is 7.15. The molecule has 1 aromatic carbocycles. The molecule has 0 spiro atoms. The predicted molar refractivity (Wildman–Crippen MR) is 72.3 cm³/mol. The van der Waals surface area contributed by atoms with E-state index in [4.69, 9.17) is 4.74 Å². The minimum Gasteiger partial charge on any atom is -0.462 e. The van der Waals surface area contributed by atoms with E-state index in [1.807, 2.05) is 12.1 Å². The lowest BCUT2D eigenvalue weighted by atomic mass is 10.2. The van der Waals surface area contributed by atoms with Crippen LogP contribution < -0.4 is 0 Å². The standard InChI is InChI=1S/C10H9BrIO2Si/c11-9-6-7(12)2-3-8(9)10(13)14-4-1-5-15/h2-3,6H,1,4-5H2. The highest BCUT2D eigenvalue weighted by atomic mass is 127. The van der Waals surface area contributed by atoms with Crippen LogP contribution in [0.4, 0.5) is 0 Å². The molecule has 5 heteroatoms. The Morgan fingerprint density at radius 1 is 1.53 bits per heavy atom. The van der Waals surface area contributed by atoms with Crippen LogP contribution in [0.3, 0.4) is 0 Å². The van der Waals surface area contributed by atoms with Crippen LogP contribution in [0.1, 0.15) is 16.8 Å². The minimum atomic E-state index is -0.279. The van der Waals surface area contributed by atoms with Crippen molar-refractivity contribution in [3.8, 4) is 0 Å². The predicted octanol–water partition coefficient (Wildman–Crippen LogP) is 3.19. The Morgan fingerprint density at radius 2 is 2.27 bits per heavy atom. The monoisotopic (exact) mass is 395 g/mol. The Kier molecular flexibility index (Phi) is 5.84. The lowest BCUT2D eigenvalue weighted by molar-refractivity contribution is 0.0504. The summed E-state index contributed by atoms with van der Waals surface area (Å²) in [6.45, 7) is 0.445. The van der Waals surface area contributed by atoms with Gasteiger partial charge in [0.25, 0.3) is 0 Å². The van der Waals surface area contributed by atoms with Gasteiger partial charge in [-0.2, -0.15) is 0 Å². The Labute approximate surface area is 114 Å². The Morgan fingerprint density at radius 3 is 2.87 bits per heavy atom. The molecule has 1 aromatic rings. The quantitative estimate of drug-likeness (QED) is 0.338. The second kappa shape index (κ2) is 6.65. The molecule has 0 amide bonds. The maximum Gasteiger partial charge on any atom is 0.339 e. The number of carbonyl (C=O) groups excluding carboxylic acids is 1. The second-order valence-electron chi connectivity index (χ2n) is 2.86. The highest BCUT2D eigenvalue weighted by Gasteiger charge is 2.10. The summed E-state index contributed by atoms with van der Waals surface area (Å²) in [4.78, 5) is 11.6. The van der Waals surface area contributed by atoms with E-state index < -0.39 is 0 Å². The van der Waals surface area contributed by atoms with Gasteiger partial charge in [0.05, 0.1) is 12.2 Å². The molecule has 2 nitrogen and oxygen atoms in total. The molecule has 0 aliphatic rings. The number of halogens is 2. The van der Waals surface area contributed by atoms with E-state index in [9.17, 15) is 4.79 Å². The second-order valence-corrected chi connectivity index (χ2v) is 5.46. The molecule has 0 fully saturated rings. The van der Waals surface area contributed by atoms with Crippen molar-refractivity contribution in [2.24, 2.45) is 0 Å². The first-order valence-corrected chi connectivity index (χ1v) is 7.00. The van der Waals surface area contributed by atoms with Crippen LogP contribution in [-0.2, 0) is 4.74 Å². The molecule has 0 atom stereocenters. The van der Waals surface area contributed by atoms with Crippen LogP contribution in [0, 0.1) is 3.57 Å². The van der Waals surface area contributed by atoms with Gasteiger partial charge in [0.1, 0.15) is 0 Å². The fourth-order valence-corrected chi connectivity index (χ4v) is 2.57. The zero-order valence-corrected chi connectivity index (χ0v) is 12.7. The lowest BCUT2D eigenvalue weighted by Crippen LogP contribution is -2.07. The highest BCUT2D eigenvalue weighted by molar-refractivity contribution is 14.1. The van der Waals surface area contributed by atoms with E-state index in [2.05, 4.69) is 48.8 Å². The maximum atomic E-state index is 11.6. The van der Waals surface area contributed by atoms with E-state index in [1.165, 1.54) is 0 Å². The normalized spacial score (nSPS) is 10.1. The molecule has 0 saturated heterocycles. The molecular formula is C10H9BrIO2Si. The topological polar surface area (TPSA) is 26.3 Å². The van der Waals surface area contributed by atoms with Gasteiger partial charge < -0.3 is 4.74 Å². The van der Waals surface area contributed by atoms with Crippen molar-refractivity contribution < 1.29 is 9.53 Å². The van der Waals surface area contributed by atoms with Crippen molar-refractivity contribution in [2.45, 2.75) is 12.5 Å². The molecule has 0 heterocycles. The Hall–Kier alpha value is 0.117. The van der Waals surface area contributed by atoms with Gasteiger partial charge in [0.2, 0.25) is 0 Å². The van der Waals surface area contributed by atoms with E-state index in [-0.39, 0.29) is 5.97 Å². The van der Waals surface area contributed by atoms with Gasteiger partial charge in [-0.25, -0.2) is 4.79 Å². The van der Waals surface area contributed by atoms with Gasteiger partial charge in [0.15, 0.2) is 0 Å². The zero-order valence-electron chi connectivity index (χ0n) is 7.93. The van der Waals surface area contributed by atoms with Crippen molar-refractivity contribution in [1.82, 2.24) is 0 Å². The van der Waals surface area contributed by atoms with Crippen molar-refractivity contribution in [3.05, 3.63) is 31.8 Å². The van der Waals surface area contributed by atoms with Gasteiger partial charge >= 0.3 is 5.97 Å². The number of carbonyl (C=O) groups is 1. The Bertz CT molecular complexity index is 357. The fraction of sp³-hybridized carbons (Fsp3) is 0.300. The molecule has 3 radical (unpaired) electrons. The Balaban J connectivity index is 2.65. The average Bonchev–Trinajstić information content (AvgIpc) is 2.17. The number of rotatable bonds is 4. The third kappa shape index (κ3) is 4.24. The molecular weight excluding hydrogens is 387 g/mol. The lowest BCUT2D eigenvalue weighted by Gasteiger charge is -2.05. The van der Waals surface area contributed by atoms with Crippen molar-refractivity contribution in [3.63, 3.8) is 0 Å². The van der Waals surface area contributed by atoms with Crippen molar-refractivity contribution in [1.29, 1.82) is 0 Å². The first kappa shape index (κ1) is 13.2. The molecule has 79 valence electrons. The summed E-state index contributed by atoms with van der Waals surface area (Å²) in [6.07, 6.45) is 0.824. The number of hydrogen-bond donors (Lipinski definition) is 0. The van der Waals surface area contributed by atoms with E-state index in [0.717, 1.165) is 20.5 Å². The molecule has 0 aliphatic carbocycles. The summed E-state index contributed by atoms with van der Waals surface area (Å²) in [7, 11) is 3.32. The number of hydrogen-bond acceptors (Lipinski definition) is 2. The molecule has 0 bridgehead atoms. The summed E-state index contributed by atoms with van der Waals surface area (Å²) in [6, 6.07) is 6.37. The third-order valence-corrected chi connectivity index (χ3v) is 3.39. The SMILES string of the molecule is O=C(OCCC[Si])c1ccc(I)cc1Br. The summed E-state index contributed by atoms with van der Waals surface area (Å²) in [5.74, 6) is -0.279. The third-order valence-electron chi connectivity index (χ3n) is 1.71. The van der Waals surface area contributed by atoms with Crippen LogP contribution in [0.25, 0.3) is 0 Å². The van der Waals surface area contributed by atoms with Gasteiger partial charge in [0, 0.05) is 18.3 Å². The molecule has 1 rings (SSSR count). The number of esters is 1. The van der Waals surface area contributed by atoms with Crippen LogP contribution in [0.15, 0.2) is 22.7 Å². The zero-order chi connectivity index (χ0) is 11.3. The van der Waals surface area contributed by atoms with Gasteiger partial charge in [-0.15, -0.1) is 0 Å². The molecule has 0 saturated carbocycles. The largest absolute Gasteiger partial charge is 0.462 e. The minimum absolute atomic E-state index is 0.279. The fourth-order valence-electron chi connectivity index (χ4n) is 0.970. The van der Waals surface area contributed by atoms with E-state index in [1.54, 1.807) is 6.07 Å². The maximum absolute atomic E-state index is 11.6. The van der Waals surface area contributed by atoms with E-state index in [0.29, 0.717) is 12.2 Å². The average molecular weight is 396 g/mol. The van der Waals surface area contributed by atoms with E-state index >= 15 is 0 Å². The van der Waals surface area contributed by atoms with Gasteiger partial charge in [-0.3, -0.25) is 0 Å². The first-order valence-electron chi connectivity index (χ1n) is 4.42. The van der Waals surface area contributed by atoms with Crippen LogP contribution >= 0.6 is 38.5 Å². The smallest absolute Gasteiger partial charge is 0.339 e. The van der Waals surface area contributed by atoms with Crippen LogP contribution in [-0.4, -0.2) is 22.8 Å². The highest BCUT2D eigenvalue weighted by Crippen LogP contribution is 2.20. The molecule has 0 unspecified atom stereocenters. The van der Waals surface area contributed by atoms with Crippen LogP contribution in [0.2, 0.25) is 6.04 Å². The number of benzene rings is 1. The summed E-state index contributed by atoms with van der Waals surface area (Å²) in [5, 5.41) is 0.